The molecule has 2 unspecified atom stereocenters. The number of nitrogens with one attached hydrogen (secondary N) is 1. The van der Waals surface area contributed by atoms with Crippen molar-refractivity contribution in [3.05, 3.63) is 35.9 Å². The number of hydrogen-bond acceptors (Lipinski definition) is 3. The summed E-state index contributed by atoms with van der Waals surface area (Å²) in [5.41, 5.74) is 1.44. The van der Waals surface area contributed by atoms with Gasteiger partial charge in [-0.15, -0.1) is 0 Å². The van der Waals surface area contributed by atoms with Crippen LogP contribution in [0.4, 0.5) is 0 Å². The maximum Gasteiger partial charge on any atom is 0.0234 e. The predicted octanol–water partition coefficient (Wildman–Crippen LogP) is 2.33. The van der Waals surface area contributed by atoms with Gasteiger partial charge in [-0.25, -0.2) is 0 Å². The molecule has 0 saturated carbocycles. The van der Waals surface area contributed by atoms with Gasteiger partial charge in [-0.05, 0) is 51.4 Å². The van der Waals surface area contributed by atoms with Crippen molar-refractivity contribution in [2.75, 3.05) is 33.2 Å². The van der Waals surface area contributed by atoms with Crippen LogP contribution in [0.1, 0.15) is 31.2 Å². The van der Waals surface area contributed by atoms with Gasteiger partial charge in [0, 0.05) is 31.7 Å². The fraction of sp³-hybridized carbons (Fsp3) is 0.667. The maximum absolute atomic E-state index is 3.92. The summed E-state index contributed by atoms with van der Waals surface area (Å²) in [5, 5.41) is 3.92. The third kappa shape index (κ3) is 4.53. The van der Waals surface area contributed by atoms with Crippen molar-refractivity contribution in [1.29, 1.82) is 0 Å². The summed E-state index contributed by atoms with van der Waals surface area (Å²) < 4.78 is 0. The Hall–Kier alpha value is -0.900. The monoisotopic (exact) mass is 287 g/mol. The van der Waals surface area contributed by atoms with E-state index in [0.717, 1.165) is 6.54 Å². The molecule has 0 bridgehead atoms. The molecule has 0 amide bonds. The lowest BCUT2D eigenvalue weighted by atomic mass is 10.0. The first-order valence-corrected chi connectivity index (χ1v) is 8.50. The molecule has 1 N–H and O–H groups in total. The van der Waals surface area contributed by atoms with E-state index in [0.29, 0.717) is 12.1 Å². The average molecular weight is 287 g/mol. The van der Waals surface area contributed by atoms with Crippen LogP contribution in [0.3, 0.4) is 0 Å². The molecule has 3 rings (SSSR count). The van der Waals surface area contributed by atoms with Gasteiger partial charge in [0.05, 0.1) is 0 Å². The number of likely N-dealkylation sites (N-methyl/N-ethyl adjacent to an activating group) is 1. The van der Waals surface area contributed by atoms with E-state index in [4.69, 9.17) is 0 Å². The van der Waals surface area contributed by atoms with E-state index in [1.807, 2.05) is 0 Å². The summed E-state index contributed by atoms with van der Waals surface area (Å²) in [7, 11) is 2.25. The number of piperidine rings is 2. The minimum absolute atomic E-state index is 0.680. The number of likely N-dealkylation sites (tertiary alicyclic amines) is 2. The molecular weight excluding hydrogens is 258 g/mol. The minimum atomic E-state index is 0.680. The van der Waals surface area contributed by atoms with Crippen molar-refractivity contribution >= 4 is 0 Å². The molecule has 0 aromatic heterocycles. The Morgan fingerprint density at radius 2 is 1.71 bits per heavy atom. The second-order valence-electron chi connectivity index (χ2n) is 6.83. The Labute approximate surface area is 129 Å². The van der Waals surface area contributed by atoms with Gasteiger partial charge in [-0.3, -0.25) is 4.90 Å². The van der Waals surface area contributed by atoms with Gasteiger partial charge in [0.25, 0.3) is 0 Å². The highest BCUT2D eigenvalue weighted by molar-refractivity contribution is 5.14. The summed E-state index contributed by atoms with van der Waals surface area (Å²) in [6.45, 7) is 6.04. The fourth-order valence-corrected chi connectivity index (χ4v) is 3.81. The lowest BCUT2D eigenvalue weighted by Crippen LogP contribution is -2.53. The molecule has 1 aromatic rings. The molecule has 2 aliphatic heterocycles. The molecule has 21 heavy (non-hydrogen) atoms. The van der Waals surface area contributed by atoms with Crippen LogP contribution in [0.2, 0.25) is 0 Å². The Morgan fingerprint density at radius 3 is 2.48 bits per heavy atom. The van der Waals surface area contributed by atoms with Crippen molar-refractivity contribution in [1.82, 2.24) is 15.1 Å². The van der Waals surface area contributed by atoms with Gasteiger partial charge in [0.2, 0.25) is 0 Å². The van der Waals surface area contributed by atoms with Gasteiger partial charge >= 0.3 is 0 Å². The van der Waals surface area contributed by atoms with Crippen molar-refractivity contribution in [2.45, 2.75) is 44.3 Å². The zero-order valence-corrected chi connectivity index (χ0v) is 13.3. The summed E-state index contributed by atoms with van der Waals surface area (Å²) in [4.78, 5) is 5.08. The third-order valence-electron chi connectivity index (χ3n) is 4.85. The number of nitrogens with zero attached hydrogens (tertiary/aromatic N) is 2. The average Bonchev–Trinajstić information content (AvgIpc) is 2.49. The van der Waals surface area contributed by atoms with Crippen LogP contribution in [-0.4, -0.2) is 55.1 Å². The van der Waals surface area contributed by atoms with E-state index in [1.165, 1.54) is 57.4 Å². The molecule has 2 atom stereocenters. The minimum Gasteiger partial charge on any atom is -0.309 e. The molecule has 2 saturated heterocycles. The largest absolute Gasteiger partial charge is 0.309 e. The maximum atomic E-state index is 3.92. The zero-order chi connectivity index (χ0) is 14.5. The second-order valence-corrected chi connectivity index (χ2v) is 6.83. The van der Waals surface area contributed by atoms with E-state index in [-0.39, 0.29) is 0 Å². The highest BCUT2D eigenvalue weighted by atomic mass is 15.2. The first-order chi connectivity index (χ1) is 10.3. The molecule has 0 aliphatic carbocycles. The smallest absolute Gasteiger partial charge is 0.0234 e. The Morgan fingerprint density at radius 1 is 1.00 bits per heavy atom. The van der Waals surface area contributed by atoms with Crippen molar-refractivity contribution in [3.63, 3.8) is 0 Å². The van der Waals surface area contributed by atoms with Crippen LogP contribution >= 0.6 is 0 Å². The lowest BCUT2D eigenvalue weighted by Gasteiger charge is -2.38. The van der Waals surface area contributed by atoms with E-state index >= 15 is 0 Å². The molecular formula is C18H29N3. The van der Waals surface area contributed by atoms with Crippen molar-refractivity contribution in [3.8, 4) is 0 Å². The first kappa shape index (κ1) is 15.0. The molecule has 0 radical (unpaired) electrons. The third-order valence-corrected chi connectivity index (χ3v) is 4.85. The summed E-state index contributed by atoms with van der Waals surface area (Å²) in [5.74, 6) is 0. The highest BCUT2D eigenvalue weighted by Crippen LogP contribution is 2.16. The molecule has 116 valence electrons. The number of rotatable bonds is 4. The lowest BCUT2D eigenvalue weighted by molar-refractivity contribution is 0.153. The van der Waals surface area contributed by atoms with Crippen LogP contribution in [0.15, 0.2) is 30.3 Å². The van der Waals surface area contributed by atoms with E-state index in [9.17, 15) is 0 Å². The highest BCUT2D eigenvalue weighted by Gasteiger charge is 2.24. The quantitative estimate of drug-likeness (QED) is 0.917. The van der Waals surface area contributed by atoms with Crippen molar-refractivity contribution < 1.29 is 0 Å². The Bertz CT molecular complexity index is 420. The zero-order valence-electron chi connectivity index (χ0n) is 13.3. The van der Waals surface area contributed by atoms with Gasteiger partial charge in [0.15, 0.2) is 0 Å². The van der Waals surface area contributed by atoms with Crippen molar-refractivity contribution in [2.24, 2.45) is 0 Å². The van der Waals surface area contributed by atoms with Gasteiger partial charge in [0.1, 0.15) is 0 Å². The number of benzene rings is 1. The molecule has 2 heterocycles. The topological polar surface area (TPSA) is 18.5 Å². The molecule has 3 heteroatoms. The molecule has 0 spiro atoms. The normalized spacial score (nSPS) is 28.6. The van der Waals surface area contributed by atoms with Gasteiger partial charge in [-0.2, -0.15) is 0 Å². The molecule has 2 aliphatic rings. The second kappa shape index (κ2) is 7.39. The SMILES string of the molecule is CN1CCCC(NC2CCCN(Cc3ccccc3)C2)C1. The molecule has 2 fully saturated rings. The summed E-state index contributed by atoms with van der Waals surface area (Å²) >= 11 is 0. The summed E-state index contributed by atoms with van der Waals surface area (Å²) in [6, 6.07) is 12.3. The van der Waals surface area contributed by atoms with Crippen LogP contribution in [0, 0.1) is 0 Å². The molecule has 1 aromatic carbocycles. The van der Waals surface area contributed by atoms with Crippen LogP contribution in [0.25, 0.3) is 0 Å². The Kier molecular flexibility index (Phi) is 5.28. The predicted molar refractivity (Wildman–Crippen MR) is 88.4 cm³/mol. The molecule has 3 nitrogen and oxygen atoms in total. The standard InChI is InChI=1S/C18H29N3/c1-20-11-5-9-17(14-20)19-18-10-6-12-21(15-18)13-16-7-3-2-4-8-16/h2-4,7-8,17-19H,5-6,9-15H2,1H3. The van der Waals surface area contributed by atoms with Gasteiger partial charge in [-0.1, -0.05) is 30.3 Å². The van der Waals surface area contributed by atoms with Crippen LogP contribution < -0.4 is 5.32 Å². The van der Waals surface area contributed by atoms with E-state index in [1.54, 1.807) is 0 Å². The van der Waals surface area contributed by atoms with E-state index in [2.05, 4.69) is 52.5 Å². The van der Waals surface area contributed by atoms with E-state index < -0.39 is 0 Å². The first-order valence-electron chi connectivity index (χ1n) is 8.50. The summed E-state index contributed by atoms with van der Waals surface area (Å²) in [6.07, 6.45) is 5.35. The van der Waals surface area contributed by atoms with Crippen LogP contribution in [-0.2, 0) is 6.54 Å². The number of hydrogen-bond donors (Lipinski definition) is 1. The fourth-order valence-electron chi connectivity index (χ4n) is 3.81. The Balaban J connectivity index is 1.49. The van der Waals surface area contributed by atoms with Crippen LogP contribution in [0.5, 0.6) is 0 Å². The van der Waals surface area contributed by atoms with Gasteiger partial charge < -0.3 is 10.2 Å².